The molecule has 0 unspecified atom stereocenters. The summed E-state index contributed by atoms with van der Waals surface area (Å²) < 4.78 is 29.7. The summed E-state index contributed by atoms with van der Waals surface area (Å²) >= 11 is 0. The van der Waals surface area contributed by atoms with Gasteiger partial charge >= 0.3 is 6.01 Å². The van der Waals surface area contributed by atoms with E-state index in [1.165, 1.54) is 12.1 Å². The summed E-state index contributed by atoms with van der Waals surface area (Å²) in [4.78, 5) is 12.2. The van der Waals surface area contributed by atoms with E-state index in [1.807, 2.05) is 0 Å². The van der Waals surface area contributed by atoms with Crippen LogP contribution < -0.4 is 5.32 Å². The summed E-state index contributed by atoms with van der Waals surface area (Å²) in [5.41, 5.74) is 0.453. The maximum Gasteiger partial charge on any atom is 0.322 e. The molecule has 0 radical (unpaired) electrons. The van der Waals surface area contributed by atoms with Gasteiger partial charge in [-0.15, -0.1) is 5.10 Å². The number of nitrogens with one attached hydrogen (secondary N) is 1. The normalized spacial score (nSPS) is 11.2. The standard InChI is InChI=1S/C17H15N3O4S/c21-16(13-7-3-1-4-8-13)18-17-20-19-15(24-17)11-12-25(22,23)14-9-5-2-6-10-14/h1-10H,11-12H2,(H,18,20,21). The Morgan fingerprint density at radius 1 is 0.960 bits per heavy atom. The SMILES string of the molecule is O=C(Nc1nnc(CCS(=O)(=O)c2ccccc2)o1)c1ccccc1. The van der Waals surface area contributed by atoms with Crippen molar-refractivity contribution in [3.05, 3.63) is 72.1 Å². The van der Waals surface area contributed by atoms with E-state index in [0.29, 0.717) is 5.56 Å². The lowest BCUT2D eigenvalue weighted by Gasteiger charge is -2.02. The van der Waals surface area contributed by atoms with Crippen molar-refractivity contribution in [2.75, 3.05) is 11.1 Å². The largest absolute Gasteiger partial charge is 0.408 e. The second-order valence-corrected chi connectivity index (χ2v) is 7.31. The van der Waals surface area contributed by atoms with Crippen molar-refractivity contribution >= 4 is 21.8 Å². The van der Waals surface area contributed by atoms with E-state index < -0.39 is 9.84 Å². The number of hydrogen-bond acceptors (Lipinski definition) is 6. The molecule has 1 N–H and O–H groups in total. The third-order valence-electron chi connectivity index (χ3n) is 3.41. The smallest absolute Gasteiger partial charge is 0.322 e. The molecular weight excluding hydrogens is 342 g/mol. The van der Waals surface area contributed by atoms with Crippen LogP contribution in [0, 0.1) is 0 Å². The molecule has 1 heterocycles. The monoisotopic (exact) mass is 357 g/mol. The molecule has 0 aliphatic heterocycles. The van der Waals surface area contributed by atoms with Gasteiger partial charge in [0.15, 0.2) is 9.84 Å². The van der Waals surface area contributed by atoms with Gasteiger partial charge < -0.3 is 4.42 Å². The minimum absolute atomic E-state index is 0.0609. The average Bonchev–Trinajstić information content (AvgIpc) is 3.09. The lowest BCUT2D eigenvalue weighted by molar-refractivity contribution is 0.102. The summed E-state index contributed by atoms with van der Waals surface area (Å²) in [6.07, 6.45) is 0.0609. The van der Waals surface area contributed by atoms with Crippen LogP contribution in [0.25, 0.3) is 0 Å². The number of nitrogens with zero attached hydrogens (tertiary/aromatic N) is 2. The first-order valence-corrected chi connectivity index (χ1v) is 9.16. The van der Waals surface area contributed by atoms with Crippen molar-refractivity contribution in [2.45, 2.75) is 11.3 Å². The van der Waals surface area contributed by atoms with Crippen molar-refractivity contribution in [1.82, 2.24) is 10.2 Å². The van der Waals surface area contributed by atoms with E-state index in [1.54, 1.807) is 48.5 Å². The highest BCUT2D eigenvalue weighted by Gasteiger charge is 2.17. The van der Waals surface area contributed by atoms with Crippen molar-refractivity contribution in [1.29, 1.82) is 0 Å². The number of benzene rings is 2. The molecule has 1 aromatic heterocycles. The minimum atomic E-state index is -3.43. The Labute approximate surface area is 144 Å². The Kier molecular flexibility index (Phi) is 4.90. The Bertz CT molecular complexity index is 954. The summed E-state index contributed by atoms with van der Waals surface area (Å²) in [6, 6.07) is 16.7. The Balaban J connectivity index is 1.62. The first-order chi connectivity index (χ1) is 12.0. The summed E-state index contributed by atoms with van der Waals surface area (Å²) in [6.45, 7) is 0. The molecule has 0 spiro atoms. The zero-order valence-corrected chi connectivity index (χ0v) is 13.9. The van der Waals surface area contributed by atoms with Crippen LogP contribution in [-0.2, 0) is 16.3 Å². The van der Waals surface area contributed by atoms with Gasteiger partial charge in [0.2, 0.25) is 5.89 Å². The summed E-state index contributed by atoms with van der Waals surface area (Å²) in [7, 11) is -3.43. The van der Waals surface area contributed by atoms with E-state index in [9.17, 15) is 13.2 Å². The molecule has 1 amide bonds. The molecule has 0 aliphatic carbocycles. The van der Waals surface area contributed by atoms with Crippen molar-refractivity contribution < 1.29 is 17.6 Å². The van der Waals surface area contributed by atoms with Crippen LogP contribution in [0.2, 0.25) is 0 Å². The topological polar surface area (TPSA) is 102 Å². The zero-order valence-electron chi connectivity index (χ0n) is 13.1. The van der Waals surface area contributed by atoms with Gasteiger partial charge in [-0.1, -0.05) is 41.5 Å². The molecule has 0 bridgehead atoms. The number of carbonyl (C=O) groups is 1. The number of anilines is 1. The van der Waals surface area contributed by atoms with E-state index in [2.05, 4.69) is 15.5 Å². The number of carbonyl (C=O) groups excluding carboxylic acids is 1. The fourth-order valence-electron chi connectivity index (χ4n) is 2.13. The molecule has 7 nitrogen and oxygen atoms in total. The average molecular weight is 357 g/mol. The number of sulfone groups is 1. The second-order valence-electron chi connectivity index (χ2n) is 5.20. The summed E-state index contributed by atoms with van der Waals surface area (Å²) in [5, 5.41) is 9.95. The molecule has 3 rings (SSSR count). The predicted octanol–water partition coefficient (Wildman–Crippen LogP) is 2.34. The Morgan fingerprint density at radius 3 is 2.28 bits per heavy atom. The van der Waals surface area contributed by atoms with Gasteiger partial charge in [-0.2, -0.15) is 0 Å². The van der Waals surface area contributed by atoms with Gasteiger partial charge in [-0.25, -0.2) is 8.42 Å². The molecule has 3 aromatic rings. The third-order valence-corrected chi connectivity index (χ3v) is 5.14. The van der Waals surface area contributed by atoms with E-state index in [0.717, 1.165) is 0 Å². The van der Waals surface area contributed by atoms with E-state index in [4.69, 9.17) is 4.42 Å². The molecule has 0 aliphatic rings. The lowest BCUT2D eigenvalue weighted by Crippen LogP contribution is -2.11. The van der Waals surface area contributed by atoms with Crippen LogP contribution in [0.4, 0.5) is 6.01 Å². The van der Waals surface area contributed by atoms with Gasteiger partial charge in [0.1, 0.15) is 0 Å². The van der Waals surface area contributed by atoms with Gasteiger partial charge in [0, 0.05) is 12.0 Å². The van der Waals surface area contributed by atoms with Crippen LogP contribution in [0.5, 0.6) is 0 Å². The zero-order chi connectivity index (χ0) is 17.7. The molecule has 0 atom stereocenters. The highest BCUT2D eigenvalue weighted by Crippen LogP contribution is 2.13. The maximum atomic E-state index is 12.2. The van der Waals surface area contributed by atoms with Gasteiger partial charge in [-0.05, 0) is 24.3 Å². The quantitative estimate of drug-likeness (QED) is 0.726. The molecule has 0 saturated carbocycles. The van der Waals surface area contributed by atoms with Crippen molar-refractivity contribution in [3.8, 4) is 0 Å². The molecule has 25 heavy (non-hydrogen) atoms. The number of hydrogen-bond donors (Lipinski definition) is 1. The second kappa shape index (κ2) is 7.27. The number of rotatable bonds is 6. The van der Waals surface area contributed by atoms with Gasteiger partial charge in [0.25, 0.3) is 5.91 Å². The van der Waals surface area contributed by atoms with Crippen molar-refractivity contribution in [3.63, 3.8) is 0 Å². The minimum Gasteiger partial charge on any atom is -0.408 e. The first-order valence-electron chi connectivity index (χ1n) is 7.51. The Morgan fingerprint density at radius 2 is 1.60 bits per heavy atom. The van der Waals surface area contributed by atoms with E-state index in [-0.39, 0.29) is 34.9 Å². The van der Waals surface area contributed by atoms with Crippen LogP contribution in [0.1, 0.15) is 16.2 Å². The highest BCUT2D eigenvalue weighted by atomic mass is 32.2. The molecule has 0 fully saturated rings. The molecule has 128 valence electrons. The van der Waals surface area contributed by atoms with Crippen molar-refractivity contribution in [2.24, 2.45) is 0 Å². The maximum absolute atomic E-state index is 12.2. The fourth-order valence-corrected chi connectivity index (χ4v) is 3.38. The molecule has 0 saturated heterocycles. The van der Waals surface area contributed by atoms with Gasteiger partial charge in [0.05, 0.1) is 10.6 Å². The molecule has 8 heteroatoms. The van der Waals surface area contributed by atoms with Crippen LogP contribution in [0.3, 0.4) is 0 Å². The molecular formula is C17H15N3O4S. The summed E-state index contributed by atoms with van der Waals surface area (Å²) in [5.74, 6) is -0.402. The number of amides is 1. The third kappa shape index (κ3) is 4.30. The van der Waals surface area contributed by atoms with Gasteiger partial charge in [-0.3, -0.25) is 10.1 Å². The number of aryl methyl sites for hydroxylation is 1. The Hall–Kier alpha value is -3.00. The number of aromatic nitrogens is 2. The first kappa shape index (κ1) is 16.8. The van der Waals surface area contributed by atoms with Crippen LogP contribution in [-0.4, -0.2) is 30.3 Å². The molecule has 2 aromatic carbocycles. The lowest BCUT2D eigenvalue weighted by atomic mass is 10.2. The van der Waals surface area contributed by atoms with Crippen LogP contribution >= 0.6 is 0 Å². The highest BCUT2D eigenvalue weighted by molar-refractivity contribution is 7.91. The fraction of sp³-hybridized carbons (Fsp3) is 0.118. The van der Waals surface area contributed by atoms with E-state index >= 15 is 0 Å². The van der Waals surface area contributed by atoms with Crippen LogP contribution in [0.15, 0.2) is 70.0 Å². The predicted molar refractivity (Wildman–Crippen MR) is 90.9 cm³/mol.